The van der Waals surface area contributed by atoms with E-state index in [9.17, 15) is 22.8 Å². The van der Waals surface area contributed by atoms with Gasteiger partial charge in [-0.1, -0.05) is 13.5 Å². The van der Waals surface area contributed by atoms with E-state index < -0.39 is 23.7 Å². The Kier molecular flexibility index (Phi) is 7.50. The van der Waals surface area contributed by atoms with Gasteiger partial charge in [-0.05, 0) is 30.3 Å². The minimum absolute atomic E-state index is 0.100. The van der Waals surface area contributed by atoms with Crippen LogP contribution in [0.15, 0.2) is 64.3 Å². The van der Waals surface area contributed by atoms with Gasteiger partial charge in [0.05, 0.1) is 25.9 Å². The molecule has 1 unspecified atom stereocenters. The van der Waals surface area contributed by atoms with Crippen LogP contribution in [-0.4, -0.2) is 32.7 Å². The van der Waals surface area contributed by atoms with Gasteiger partial charge in [-0.15, -0.1) is 13.2 Å². The summed E-state index contributed by atoms with van der Waals surface area (Å²) in [6, 6.07) is 9.86. The third-order valence-corrected chi connectivity index (χ3v) is 4.62. The topological polar surface area (TPSA) is 84.2 Å². The predicted molar refractivity (Wildman–Crippen MR) is 117 cm³/mol. The maximum atomic E-state index is 12.9. The smallest absolute Gasteiger partial charge is 0.497 e. The van der Waals surface area contributed by atoms with Crippen LogP contribution in [-0.2, 0) is 9.53 Å². The van der Waals surface area contributed by atoms with E-state index in [1.165, 1.54) is 31.4 Å². The van der Waals surface area contributed by atoms with Crippen molar-refractivity contribution in [3.8, 4) is 28.4 Å². The molecule has 180 valence electrons. The molecule has 0 aliphatic rings. The summed E-state index contributed by atoms with van der Waals surface area (Å²) in [5.41, 5.74) is -0.881. The van der Waals surface area contributed by atoms with Crippen molar-refractivity contribution in [2.75, 3.05) is 20.3 Å². The van der Waals surface area contributed by atoms with Crippen molar-refractivity contribution in [1.82, 2.24) is 0 Å². The van der Waals surface area contributed by atoms with Gasteiger partial charge in [0.2, 0.25) is 0 Å². The molecule has 0 aliphatic heterocycles. The fourth-order valence-electron chi connectivity index (χ4n) is 3.00. The van der Waals surface area contributed by atoms with Crippen molar-refractivity contribution in [1.29, 1.82) is 0 Å². The van der Waals surface area contributed by atoms with Crippen LogP contribution in [0.2, 0.25) is 0 Å². The van der Waals surface area contributed by atoms with E-state index in [1.807, 2.05) is 6.92 Å². The van der Waals surface area contributed by atoms with Gasteiger partial charge in [0.15, 0.2) is 0 Å². The van der Waals surface area contributed by atoms with Crippen LogP contribution in [0.25, 0.3) is 22.1 Å². The Morgan fingerprint density at radius 1 is 1.09 bits per heavy atom. The number of fused-ring (bicyclic) bond motifs is 1. The minimum atomic E-state index is -4.97. The fourth-order valence-corrected chi connectivity index (χ4v) is 3.00. The molecule has 7 nitrogen and oxygen atoms in total. The molecule has 0 saturated carbocycles. The van der Waals surface area contributed by atoms with Gasteiger partial charge in [-0.25, -0.2) is 9.59 Å². The molecule has 1 heterocycles. The van der Waals surface area contributed by atoms with Crippen LogP contribution in [0.3, 0.4) is 0 Å². The number of hydrogen-bond acceptors (Lipinski definition) is 7. The molecular formula is C24H21F3O7. The fraction of sp³-hybridized carbons (Fsp3) is 0.250. The zero-order valence-corrected chi connectivity index (χ0v) is 18.3. The molecular weight excluding hydrogens is 457 g/mol. The first-order valence-corrected chi connectivity index (χ1v) is 10.0. The average Bonchev–Trinajstić information content (AvgIpc) is 2.79. The second-order valence-electron chi connectivity index (χ2n) is 7.31. The molecule has 0 N–H and O–H groups in total. The second-order valence-corrected chi connectivity index (χ2v) is 7.31. The summed E-state index contributed by atoms with van der Waals surface area (Å²) in [5, 5.41) is 0.462. The Morgan fingerprint density at radius 2 is 1.82 bits per heavy atom. The van der Waals surface area contributed by atoms with Crippen molar-refractivity contribution >= 4 is 16.9 Å². The third kappa shape index (κ3) is 6.31. The van der Waals surface area contributed by atoms with E-state index in [0.29, 0.717) is 11.1 Å². The summed E-state index contributed by atoms with van der Waals surface area (Å²) in [6.45, 7) is 5.50. The zero-order valence-electron chi connectivity index (χ0n) is 18.3. The highest BCUT2D eigenvalue weighted by Gasteiger charge is 2.33. The molecule has 0 amide bonds. The molecule has 0 radical (unpaired) electrons. The van der Waals surface area contributed by atoms with Crippen molar-refractivity contribution in [3.05, 3.63) is 65.5 Å². The van der Waals surface area contributed by atoms with Gasteiger partial charge in [0, 0.05) is 35.1 Å². The first kappa shape index (κ1) is 24.7. The number of ether oxygens (including phenoxy) is 4. The van der Waals surface area contributed by atoms with Crippen molar-refractivity contribution in [3.63, 3.8) is 0 Å². The molecule has 0 aliphatic carbocycles. The second kappa shape index (κ2) is 10.3. The van der Waals surface area contributed by atoms with E-state index in [1.54, 1.807) is 12.1 Å². The molecule has 0 saturated heterocycles. The van der Waals surface area contributed by atoms with E-state index >= 15 is 0 Å². The van der Waals surface area contributed by atoms with Gasteiger partial charge < -0.3 is 23.4 Å². The number of hydrogen-bond donors (Lipinski definition) is 0. The van der Waals surface area contributed by atoms with E-state index in [0.717, 1.165) is 12.1 Å². The summed E-state index contributed by atoms with van der Waals surface area (Å²) in [7, 11) is 1.30. The number of rotatable bonds is 9. The van der Waals surface area contributed by atoms with Crippen molar-refractivity contribution in [2.45, 2.75) is 13.3 Å². The first-order valence-electron chi connectivity index (χ1n) is 10.0. The molecule has 3 rings (SSSR count). The summed E-state index contributed by atoms with van der Waals surface area (Å²) < 4.78 is 63.7. The molecule has 2 aromatic carbocycles. The summed E-state index contributed by atoms with van der Waals surface area (Å²) >= 11 is 0. The van der Waals surface area contributed by atoms with E-state index in [2.05, 4.69) is 11.3 Å². The maximum Gasteiger partial charge on any atom is 0.573 e. The van der Waals surface area contributed by atoms with Crippen LogP contribution in [0, 0.1) is 5.92 Å². The normalized spacial score (nSPS) is 12.1. The monoisotopic (exact) mass is 478 g/mol. The molecule has 1 atom stereocenters. The Labute approximate surface area is 192 Å². The largest absolute Gasteiger partial charge is 0.573 e. The lowest BCUT2D eigenvalue weighted by molar-refractivity contribution is -0.274. The standard InChI is InChI=1S/C24H21F3O7/c1-4-22(28)32-13-14(2)12-31-17-6-5-15-9-19(23(29)33-20(15)11-17)18-8-7-16(30-3)10-21(18)34-24(25,26)27/h4-11,14H,1,12-13H2,2-3H3. The van der Waals surface area contributed by atoms with Gasteiger partial charge >= 0.3 is 18.0 Å². The summed E-state index contributed by atoms with van der Waals surface area (Å²) in [6.07, 6.45) is -3.90. The van der Waals surface area contributed by atoms with Crippen LogP contribution in [0.1, 0.15) is 6.92 Å². The summed E-state index contributed by atoms with van der Waals surface area (Å²) in [5.74, 6) is -0.712. The zero-order chi connectivity index (χ0) is 24.9. The first-order chi connectivity index (χ1) is 16.1. The molecule has 3 aromatic rings. The number of esters is 1. The number of methoxy groups -OCH3 is 1. The Hall–Kier alpha value is -3.95. The quantitative estimate of drug-likeness (QED) is 0.240. The third-order valence-electron chi connectivity index (χ3n) is 4.62. The lowest BCUT2D eigenvalue weighted by Crippen LogP contribution is -2.18. The van der Waals surface area contributed by atoms with Crippen LogP contribution in [0.4, 0.5) is 13.2 Å². The molecule has 34 heavy (non-hydrogen) atoms. The minimum Gasteiger partial charge on any atom is -0.497 e. The SMILES string of the molecule is C=CC(=O)OCC(C)COc1ccc2cc(-c3ccc(OC)cc3OC(F)(F)F)c(=O)oc2c1. The van der Waals surface area contributed by atoms with E-state index in [4.69, 9.17) is 18.6 Å². The van der Waals surface area contributed by atoms with Crippen molar-refractivity contribution in [2.24, 2.45) is 5.92 Å². The van der Waals surface area contributed by atoms with Gasteiger partial charge in [0.25, 0.3) is 0 Å². The summed E-state index contributed by atoms with van der Waals surface area (Å²) in [4.78, 5) is 23.8. The highest BCUT2D eigenvalue weighted by Crippen LogP contribution is 2.36. The molecule has 0 fully saturated rings. The van der Waals surface area contributed by atoms with E-state index in [-0.39, 0.29) is 41.6 Å². The van der Waals surface area contributed by atoms with Gasteiger partial charge in [-0.2, -0.15) is 0 Å². The van der Waals surface area contributed by atoms with Gasteiger partial charge in [0.1, 0.15) is 22.8 Å². The number of benzene rings is 2. The molecule has 0 bridgehead atoms. The van der Waals surface area contributed by atoms with Crippen LogP contribution >= 0.6 is 0 Å². The number of carbonyl (C=O) groups excluding carboxylic acids is 1. The van der Waals surface area contributed by atoms with Crippen molar-refractivity contribution < 1.29 is 41.3 Å². The number of carbonyl (C=O) groups is 1. The van der Waals surface area contributed by atoms with Gasteiger partial charge in [-0.3, -0.25) is 0 Å². The molecule has 10 heteroatoms. The maximum absolute atomic E-state index is 12.9. The predicted octanol–water partition coefficient (Wildman–Crippen LogP) is 5.11. The lowest BCUT2D eigenvalue weighted by Gasteiger charge is -2.15. The van der Waals surface area contributed by atoms with Crippen LogP contribution in [0.5, 0.6) is 17.2 Å². The lowest BCUT2D eigenvalue weighted by atomic mass is 10.0. The molecule has 0 spiro atoms. The molecule has 1 aromatic heterocycles. The highest BCUT2D eigenvalue weighted by molar-refractivity contribution is 5.84. The average molecular weight is 478 g/mol. The number of halogens is 3. The van der Waals surface area contributed by atoms with Crippen LogP contribution < -0.4 is 19.8 Å². The number of alkyl halides is 3. The Morgan fingerprint density at radius 3 is 2.50 bits per heavy atom. The Bertz CT molecular complexity index is 1250. The Balaban J connectivity index is 1.86. The highest BCUT2D eigenvalue weighted by atomic mass is 19.4.